The van der Waals surface area contributed by atoms with Gasteiger partial charge in [-0.2, -0.15) is 5.10 Å². The normalized spacial score (nSPS) is 22.3. The van der Waals surface area contributed by atoms with Crippen LogP contribution in [0.4, 0.5) is 0 Å². The Hall–Kier alpha value is -0.830. The molecule has 2 N–H and O–H groups in total. The Kier molecular flexibility index (Phi) is 3.99. The Morgan fingerprint density at radius 3 is 3.06 bits per heavy atom. The van der Waals surface area contributed by atoms with Crippen molar-refractivity contribution < 1.29 is 0 Å². The van der Waals surface area contributed by atoms with E-state index in [1.807, 2.05) is 6.20 Å². The third-order valence-electron chi connectivity index (χ3n) is 3.36. The summed E-state index contributed by atoms with van der Waals surface area (Å²) in [4.78, 5) is 0. The molecule has 1 aliphatic heterocycles. The van der Waals surface area contributed by atoms with E-state index in [0.717, 1.165) is 13.0 Å². The lowest BCUT2D eigenvalue weighted by Gasteiger charge is -2.14. The molecule has 0 bridgehead atoms. The van der Waals surface area contributed by atoms with Crippen LogP contribution < -0.4 is 5.32 Å². The minimum Gasteiger partial charge on any atom is -0.317 e. The molecule has 0 spiro atoms. The summed E-state index contributed by atoms with van der Waals surface area (Å²) in [5, 5.41) is 10.9. The van der Waals surface area contributed by atoms with Crippen molar-refractivity contribution in [3.8, 4) is 0 Å². The fourth-order valence-electron chi connectivity index (χ4n) is 2.58. The van der Waals surface area contributed by atoms with Gasteiger partial charge in [0.05, 0.1) is 6.20 Å². The zero-order valence-electron chi connectivity index (χ0n) is 10.4. The van der Waals surface area contributed by atoms with Crippen LogP contribution in [0, 0.1) is 5.92 Å². The van der Waals surface area contributed by atoms with Gasteiger partial charge in [0.1, 0.15) is 0 Å². The first-order valence-corrected chi connectivity index (χ1v) is 6.50. The molecule has 1 aliphatic rings. The molecule has 3 heteroatoms. The summed E-state index contributed by atoms with van der Waals surface area (Å²) >= 11 is 0. The highest BCUT2D eigenvalue weighted by molar-refractivity contribution is 5.21. The highest BCUT2D eigenvalue weighted by Crippen LogP contribution is 2.28. The van der Waals surface area contributed by atoms with Gasteiger partial charge in [-0.15, -0.1) is 0 Å². The van der Waals surface area contributed by atoms with E-state index in [1.54, 1.807) is 0 Å². The number of nitrogens with one attached hydrogen (secondary N) is 2. The van der Waals surface area contributed by atoms with Gasteiger partial charge in [0.25, 0.3) is 0 Å². The Morgan fingerprint density at radius 1 is 1.38 bits per heavy atom. The zero-order valence-corrected chi connectivity index (χ0v) is 10.4. The highest BCUT2D eigenvalue weighted by atomic mass is 15.1. The van der Waals surface area contributed by atoms with Crippen LogP contribution in [0.3, 0.4) is 0 Å². The van der Waals surface area contributed by atoms with Crippen LogP contribution in [0.5, 0.6) is 0 Å². The van der Waals surface area contributed by atoms with Gasteiger partial charge in [-0.1, -0.05) is 13.8 Å². The molecule has 1 saturated heterocycles. The standard InChI is InChI=1S/C13H23N3/c1-10(2)8-12-9-15-16-13(12)11-4-3-6-14-7-5-11/h9-11,14H,3-8H2,1-2H3,(H,15,16). The second kappa shape index (κ2) is 5.48. The largest absolute Gasteiger partial charge is 0.317 e. The summed E-state index contributed by atoms with van der Waals surface area (Å²) in [6.45, 7) is 6.85. The molecule has 2 heterocycles. The van der Waals surface area contributed by atoms with Crippen molar-refractivity contribution >= 4 is 0 Å². The SMILES string of the molecule is CC(C)Cc1cn[nH]c1C1CCCNCC1. The lowest BCUT2D eigenvalue weighted by molar-refractivity contribution is 0.574. The molecule has 3 nitrogen and oxygen atoms in total. The van der Waals surface area contributed by atoms with Gasteiger partial charge in [0.15, 0.2) is 0 Å². The lowest BCUT2D eigenvalue weighted by Crippen LogP contribution is -2.14. The maximum absolute atomic E-state index is 4.24. The van der Waals surface area contributed by atoms with Crippen LogP contribution in [0.25, 0.3) is 0 Å². The Morgan fingerprint density at radius 2 is 2.25 bits per heavy atom. The molecule has 2 rings (SSSR count). The Bertz CT molecular complexity index is 309. The predicted molar refractivity (Wildman–Crippen MR) is 66.6 cm³/mol. The van der Waals surface area contributed by atoms with Crippen LogP contribution in [0.1, 0.15) is 50.3 Å². The fraction of sp³-hybridized carbons (Fsp3) is 0.769. The molecule has 1 aromatic rings. The van der Waals surface area contributed by atoms with Crippen molar-refractivity contribution in [2.75, 3.05) is 13.1 Å². The minimum atomic E-state index is 0.686. The van der Waals surface area contributed by atoms with Crippen molar-refractivity contribution in [2.24, 2.45) is 5.92 Å². The summed E-state index contributed by atoms with van der Waals surface area (Å²) in [5.41, 5.74) is 2.83. The topological polar surface area (TPSA) is 40.7 Å². The Labute approximate surface area is 98.0 Å². The molecule has 1 aromatic heterocycles. The molecule has 90 valence electrons. The summed E-state index contributed by atoms with van der Waals surface area (Å²) in [7, 11) is 0. The van der Waals surface area contributed by atoms with E-state index in [0.29, 0.717) is 11.8 Å². The molecule has 0 aromatic carbocycles. The number of H-pyrrole nitrogens is 1. The van der Waals surface area contributed by atoms with Gasteiger partial charge in [-0.05, 0) is 50.3 Å². The van der Waals surface area contributed by atoms with Gasteiger partial charge in [0.2, 0.25) is 0 Å². The second-order valence-electron chi connectivity index (χ2n) is 5.28. The lowest BCUT2D eigenvalue weighted by atomic mass is 9.91. The van der Waals surface area contributed by atoms with Gasteiger partial charge < -0.3 is 5.32 Å². The van der Waals surface area contributed by atoms with Gasteiger partial charge in [-0.25, -0.2) is 0 Å². The first kappa shape index (κ1) is 11.6. The monoisotopic (exact) mass is 221 g/mol. The van der Waals surface area contributed by atoms with E-state index in [4.69, 9.17) is 0 Å². The van der Waals surface area contributed by atoms with E-state index in [2.05, 4.69) is 29.4 Å². The van der Waals surface area contributed by atoms with Crippen molar-refractivity contribution in [3.63, 3.8) is 0 Å². The third-order valence-corrected chi connectivity index (χ3v) is 3.36. The fourth-order valence-corrected chi connectivity index (χ4v) is 2.58. The molecule has 1 atom stereocenters. The minimum absolute atomic E-state index is 0.686. The summed E-state index contributed by atoms with van der Waals surface area (Å²) in [6, 6.07) is 0. The number of aromatic nitrogens is 2. The quantitative estimate of drug-likeness (QED) is 0.823. The number of nitrogens with zero attached hydrogens (tertiary/aromatic N) is 1. The number of aromatic amines is 1. The van der Waals surface area contributed by atoms with Crippen LogP contribution in [-0.2, 0) is 6.42 Å². The molecule has 0 radical (unpaired) electrons. The third kappa shape index (κ3) is 2.85. The second-order valence-corrected chi connectivity index (χ2v) is 5.28. The smallest absolute Gasteiger partial charge is 0.0522 e. The molecule has 0 amide bonds. The van der Waals surface area contributed by atoms with E-state index in [1.165, 1.54) is 37.1 Å². The highest BCUT2D eigenvalue weighted by Gasteiger charge is 2.19. The van der Waals surface area contributed by atoms with Gasteiger partial charge >= 0.3 is 0 Å². The zero-order chi connectivity index (χ0) is 11.4. The summed E-state index contributed by atoms with van der Waals surface area (Å²) in [6.07, 6.45) is 6.99. The maximum atomic E-state index is 4.24. The first-order valence-electron chi connectivity index (χ1n) is 6.50. The van der Waals surface area contributed by atoms with E-state index in [9.17, 15) is 0 Å². The number of hydrogen-bond acceptors (Lipinski definition) is 2. The van der Waals surface area contributed by atoms with E-state index >= 15 is 0 Å². The molecule has 1 unspecified atom stereocenters. The average molecular weight is 221 g/mol. The molecular weight excluding hydrogens is 198 g/mol. The maximum Gasteiger partial charge on any atom is 0.0522 e. The molecule has 16 heavy (non-hydrogen) atoms. The predicted octanol–water partition coefficient (Wildman–Crippen LogP) is 2.47. The summed E-state index contributed by atoms with van der Waals surface area (Å²) < 4.78 is 0. The van der Waals surface area contributed by atoms with Crippen LogP contribution >= 0.6 is 0 Å². The van der Waals surface area contributed by atoms with E-state index < -0.39 is 0 Å². The average Bonchev–Trinajstić information content (AvgIpc) is 2.53. The molecule has 0 saturated carbocycles. The van der Waals surface area contributed by atoms with Crippen molar-refractivity contribution in [1.82, 2.24) is 15.5 Å². The summed E-state index contributed by atoms with van der Waals surface area (Å²) in [5.74, 6) is 1.39. The number of hydrogen-bond donors (Lipinski definition) is 2. The number of rotatable bonds is 3. The van der Waals surface area contributed by atoms with Crippen LogP contribution in [-0.4, -0.2) is 23.3 Å². The van der Waals surface area contributed by atoms with E-state index in [-0.39, 0.29) is 0 Å². The molecule has 0 aliphatic carbocycles. The first-order chi connectivity index (χ1) is 7.77. The van der Waals surface area contributed by atoms with Crippen molar-refractivity contribution in [3.05, 3.63) is 17.5 Å². The molecule has 1 fully saturated rings. The van der Waals surface area contributed by atoms with Crippen molar-refractivity contribution in [2.45, 2.75) is 45.4 Å². The van der Waals surface area contributed by atoms with Crippen LogP contribution in [0.15, 0.2) is 6.20 Å². The van der Waals surface area contributed by atoms with Crippen LogP contribution in [0.2, 0.25) is 0 Å². The molecular formula is C13H23N3. The van der Waals surface area contributed by atoms with Gasteiger partial charge in [-0.3, -0.25) is 5.10 Å². The van der Waals surface area contributed by atoms with Crippen molar-refractivity contribution in [1.29, 1.82) is 0 Å². The van der Waals surface area contributed by atoms with Gasteiger partial charge in [0, 0.05) is 11.6 Å². The Balaban J connectivity index is 2.09.